The smallest absolute Gasteiger partial charge is 0.310 e. The molecule has 1 fully saturated rings. The molecular formula is C28H30ClN3O6. The topological polar surface area (TPSA) is 94.3 Å². The van der Waals surface area contributed by atoms with Gasteiger partial charge in [-0.3, -0.25) is 14.5 Å². The number of carbonyl (C=O) groups is 2. The van der Waals surface area contributed by atoms with Gasteiger partial charge in [-0.05, 0) is 49.1 Å². The first-order valence-corrected chi connectivity index (χ1v) is 13.1. The van der Waals surface area contributed by atoms with E-state index in [0.717, 1.165) is 23.3 Å². The number of carbonyl (C=O) groups excluding carboxylic acids is 2. The van der Waals surface area contributed by atoms with E-state index in [2.05, 4.69) is 9.88 Å². The van der Waals surface area contributed by atoms with Crippen LogP contribution in [0.4, 0.5) is 0 Å². The van der Waals surface area contributed by atoms with Gasteiger partial charge in [0.05, 0.1) is 19.1 Å². The first-order valence-electron chi connectivity index (χ1n) is 12.7. The molecule has 2 aliphatic rings. The van der Waals surface area contributed by atoms with E-state index in [-0.39, 0.29) is 30.3 Å². The Morgan fingerprint density at radius 3 is 2.82 bits per heavy atom. The largest absolute Gasteiger partial charge is 0.466 e. The molecule has 5 rings (SSSR count). The van der Waals surface area contributed by atoms with E-state index in [1.54, 1.807) is 11.8 Å². The quantitative estimate of drug-likeness (QED) is 0.362. The normalized spacial score (nSPS) is 16.6. The fraction of sp³-hybridized carbons (Fsp3) is 0.393. The highest BCUT2D eigenvalue weighted by atomic mass is 35.5. The first-order chi connectivity index (χ1) is 18.5. The highest BCUT2D eigenvalue weighted by Crippen LogP contribution is 2.33. The van der Waals surface area contributed by atoms with Crippen LogP contribution in [0.5, 0.6) is 11.5 Å². The van der Waals surface area contributed by atoms with Gasteiger partial charge in [-0.2, -0.15) is 0 Å². The van der Waals surface area contributed by atoms with Crippen molar-refractivity contribution in [3.8, 4) is 11.5 Å². The number of likely N-dealkylation sites (tertiary alicyclic amines) is 1. The second-order valence-corrected chi connectivity index (χ2v) is 9.80. The van der Waals surface area contributed by atoms with Crippen molar-refractivity contribution in [2.24, 2.45) is 5.92 Å². The lowest BCUT2D eigenvalue weighted by molar-refractivity contribution is -0.149. The molecule has 0 aliphatic carbocycles. The second-order valence-electron chi connectivity index (χ2n) is 9.39. The molecule has 0 N–H and O–H groups in total. The monoisotopic (exact) mass is 539 g/mol. The van der Waals surface area contributed by atoms with Crippen LogP contribution in [0.25, 0.3) is 0 Å². The predicted octanol–water partition coefficient (Wildman–Crippen LogP) is 4.67. The highest BCUT2D eigenvalue weighted by molar-refractivity contribution is 6.31. The number of rotatable bonds is 9. The Balaban J connectivity index is 1.29. The van der Waals surface area contributed by atoms with Crippen molar-refractivity contribution in [2.75, 3.05) is 26.5 Å². The fourth-order valence-corrected chi connectivity index (χ4v) is 4.98. The molecule has 38 heavy (non-hydrogen) atoms. The summed E-state index contributed by atoms with van der Waals surface area (Å²) in [6, 6.07) is 13.5. The standard InChI is InChI=1S/C28H30ClN3O6/c1-2-35-28(34)21-7-5-11-32(15-21)27(33)23-17-36-26(30-23)16-31(14-20-6-3-4-8-22(20)29)13-19-9-10-24-25(12-19)38-18-37-24/h3-4,6,8-10,12,17,21H,2,5,7,11,13-16,18H2,1H3. The summed E-state index contributed by atoms with van der Waals surface area (Å²) < 4.78 is 21.9. The molecule has 200 valence electrons. The number of aromatic nitrogens is 1. The van der Waals surface area contributed by atoms with Crippen LogP contribution in [0.3, 0.4) is 0 Å². The number of nitrogens with zero attached hydrogens (tertiary/aromatic N) is 3. The summed E-state index contributed by atoms with van der Waals surface area (Å²) in [6.45, 7) is 4.69. The maximum absolute atomic E-state index is 13.2. The Morgan fingerprint density at radius 1 is 1.13 bits per heavy atom. The molecule has 1 unspecified atom stereocenters. The van der Waals surface area contributed by atoms with E-state index >= 15 is 0 Å². The summed E-state index contributed by atoms with van der Waals surface area (Å²) in [6.07, 6.45) is 2.84. The van der Waals surface area contributed by atoms with E-state index in [1.807, 2.05) is 42.5 Å². The molecule has 3 heterocycles. The van der Waals surface area contributed by atoms with Gasteiger partial charge < -0.3 is 23.5 Å². The van der Waals surface area contributed by atoms with Crippen molar-refractivity contribution in [1.29, 1.82) is 0 Å². The van der Waals surface area contributed by atoms with Crippen molar-refractivity contribution in [3.05, 3.63) is 76.5 Å². The van der Waals surface area contributed by atoms with Crippen LogP contribution < -0.4 is 9.47 Å². The summed E-state index contributed by atoms with van der Waals surface area (Å²) in [4.78, 5) is 33.6. The summed E-state index contributed by atoms with van der Waals surface area (Å²) in [5, 5.41) is 0.674. The number of halogens is 1. The number of amides is 1. The average Bonchev–Trinajstić information content (AvgIpc) is 3.59. The maximum atomic E-state index is 13.2. The van der Waals surface area contributed by atoms with Crippen LogP contribution in [-0.4, -0.2) is 53.1 Å². The van der Waals surface area contributed by atoms with Crippen molar-refractivity contribution < 1.29 is 28.2 Å². The molecule has 2 aromatic carbocycles. The second kappa shape index (κ2) is 11.9. The van der Waals surface area contributed by atoms with Crippen LogP contribution in [0.2, 0.25) is 5.02 Å². The van der Waals surface area contributed by atoms with Crippen LogP contribution in [-0.2, 0) is 29.2 Å². The summed E-state index contributed by atoms with van der Waals surface area (Å²) in [7, 11) is 0. The summed E-state index contributed by atoms with van der Waals surface area (Å²) in [5.41, 5.74) is 2.23. The molecule has 0 radical (unpaired) electrons. The van der Waals surface area contributed by atoms with Gasteiger partial charge in [0.1, 0.15) is 6.26 Å². The Kier molecular flexibility index (Phi) is 8.14. The van der Waals surface area contributed by atoms with Gasteiger partial charge in [0.2, 0.25) is 12.7 Å². The molecule has 9 nitrogen and oxygen atoms in total. The van der Waals surface area contributed by atoms with Gasteiger partial charge in [0, 0.05) is 31.2 Å². The highest BCUT2D eigenvalue weighted by Gasteiger charge is 2.31. The molecule has 10 heteroatoms. The summed E-state index contributed by atoms with van der Waals surface area (Å²) >= 11 is 6.45. The van der Waals surface area contributed by atoms with E-state index in [1.165, 1.54) is 6.26 Å². The number of esters is 1. The number of ether oxygens (including phenoxy) is 3. The van der Waals surface area contributed by atoms with Crippen molar-refractivity contribution in [1.82, 2.24) is 14.8 Å². The Hall–Kier alpha value is -3.56. The molecule has 0 saturated carbocycles. The van der Waals surface area contributed by atoms with E-state index < -0.39 is 0 Å². The predicted molar refractivity (Wildman–Crippen MR) is 139 cm³/mol. The summed E-state index contributed by atoms with van der Waals surface area (Å²) in [5.74, 6) is 1.04. The van der Waals surface area contributed by atoms with E-state index in [0.29, 0.717) is 62.4 Å². The lowest BCUT2D eigenvalue weighted by Crippen LogP contribution is -2.43. The zero-order valence-corrected chi connectivity index (χ0v) is 22.0. The molecule has 0 spiro atoms. The molecule has 1 atom stereocenters. The Labute approximate surface area is 226 Å². The van der Waals surface area contributed by atoms with Crippen LogP contribution in [0.1, 0.15) is 47.3 Å². The lowest BCUT2D eigenvalue weighted by atomic mass is 9.98. The number of hydrogen-bond donors (Lipinski definition) is 0. The van der Waals surface area contributed by atoms with Gasteiger partial charge in [-0.25, -0.2) is 4.98 Å². The zero-order chi connectivity index (χ0) is 26.5. The number of oxazole rings is 1. The van der Waals surface area contributed by atoms with Crippen molar-refractivity contribution in [2.45, 2.75) is 39.4 Å². The number of piperidine rings is 1. The zero-order valence-electron chi connectivity index (χ0n) is 21.2. The van der Waals surface area contributed by atoms with Crippen molar-refractivity contribution >= 4 is 23.5 Å². The maximum Gasteiger partial charge on any atom is 0.310 e. The minimum atomic E-state index is -0.313. The number of hydrogen-bond acceptors (Lipinski definition) is 8. The fourth-order valence-electron chi connectivity index (χ4n) is 4.78. The third-order valence-electron chi connectivity index (χ3n) is 6.65. The van der Waals surface area contributed by atoms with Crippen LogP contribution in [0.15, 0.2) is 53.1 Å². The third-order valence-corrected chi connectivity index (χ3v) is 7.02. The van der Waals surface area contributed by atoms with Crippen LogP contribution >= 0.6 is 11.6 Å². The molecule has 0 bridgehead atoms. The average molecular weight is 540 g/mol. The van der Waals surface area contributed by atoms with Crippen LogP contribution in [0, 0.1) is 5.92 Å². The number of fused-ring (bicyclic) bond motifs is 1. The van der Waals surface area contributed by atoms with E-state index in [4.69, 9.17) is 30.2 Å². The third kappa shape index (κ3) is 6.11. The van der Waals surface area contributed by atoms with E-state index in [9.17, 15) is 9.59 Å². The van der Waals surface area contributed by atoms with Crippen molar-refractivity contribution in [3.63, 3.8) is 0 Å². The molecule has 1 amide bonds. The molecule has 2 aliphatic heterocycles. The van der Waals surface area contributed by atoms with Gasteiger partial charge in [-0.1, -0.05) is 35.9 Å². The molecule has 1 saturated heterocycles. The van der Waals surface area contributed by atoms with Gasteiger partial charge in [-0.15, -0.1) is 0 Å². The minimum absolute atomic E-state index is 0.215. The Bertz CT molecular complexity index is 1300. The van der Waals surface area contributed by atoms with Gasteiger partial charge in [0.25, 0.3) is 5.91 Å². The number of benzene rings is 2. The molecular weight excluding hydrogens is 510 g/mol. The van der Waals surface area contributed by atoms with Gasteiger partial charge >= 0.3 is 5.97 Å². The molecule has 1 aromatic heterocycles. The lowest BCUT2D eigenvalue weighted by Gasteiger charge is -2.30. The minimum Gasteiger partial charge on any atom is -0.466 e. The molecule has 3 aromatic rings. The Morgan fingerprint density at radius 2 is 1.97 bits per heavy atom. The SMILES string of the molecule is CCOC(=O)C1CCCN(C(=O)c2coc(CN(Cc3ccc4c(c3)OCO4)Cc3ccccc3Cl)n2)C1. The first kappa shape index (κ1) is 26.1. The van der Waals surface area contributed by atoms with Gasteiger partial charge in [0.15, 0.2) is 17.2 Å².